The molecular formula is C15H13F4NO3S. The van der Waals surface area contributed by atoms with Crippen molar-refractivity contribution in [2.75, 3.05) is 7.05 Å². The molecule has 0 amide bonds. The van der Waals surface area contributed by atoms with Gasteiger partial charge in [-0.05, 0) is 18.2 Å². The molecular weight excluding hydrogens is 350 g/mol. The molecule has 0 aliphatic rings. The average Bonchev–Trinajstić information content (AvgIpc) is 2.48. The topological polar surface area (TPSA) is 46.6 Å². The Morgan fingerprint density at radius 1 is 1.08 bits per heavy atom. The van der Waals surface area contributed by atoms with Crippen LogP contribution in [0.3, 0.4) is 0 Å². The number of ether oxygens (including phenoxy) is 1. The maximum atomic E-state index is 13.6. The zero-order valence-corrected chi connectivity index (χ0v) is 13.2. The molecule has 0 aliphatic carbocycles. The number of halogens is 4. The molecule has 0 heterocycles. The summed E-state index contributed by atoms with van der Waals surface area (Å²) in [5, 5.41) is 0. The second-order valence-electron chi connectivity index (χ2n) is 4.88. The van der Waals surface area contributed by atoms with E-state index in [9.17, 15) is 26.0 Å². The van der Waals surface area contributed by atoms with Gasteiger partial charge >= 0.3 is 6.36 Å². The van der Waals surface area contributed by atoms with E-state index in [1.807, 2.05) is 0 Å². The van der Waals surface area contributed by atoms with Crippen LogP contribution in [0.2, 0.25) is 0 Å². The van der Waals surface area contributed by atoms with Crippen LogP contribution in [0.5, 0.6) is 5.75 Å². The second kappa shape index (κ2) is 6.78. The predicted octanol–water partition coefficient (Wildman–Crippen LogP) is 3.55. The number of hydrogen-bond acceptors (Lipinski definition) is 3. The van der Waals surface area contributed by atoms with Crippen molar-refractivity contribution >= 4 is 10.0 Å². The van der Waals surface area contributed by atoms with Crippen molar-refractivity contribution in [3.05, 3.63) is 59.9 Å². The lowest BCUT2D eigenvalue weighted by Gasteiger charge is -2.18. The van der Waals surface area contributed by atoms with Gasteiger partial charge in [0.1, 0.15) is 11.6 Å². The summed E-state index contributed by atoms with van der Waals surface area (Å²) >= 11 is 0. The van der Waals surface area contributed by atoms with E-state index in [0.29, 0.717) is 0 Å². The molecule has 0 unspecified atom stereocenters. The van der Waals surface area contributed by atoms with Gasteiger partial charge in [-0.15, -0.1) is 13.2 Å². The molecule has 4 nitrogen and oxygen atoms in total. The summed E-state index contributed by atoms with van der Waals surface area (Å²) in [5.74, 6) is -1.23. The highest BCUT2D eigenvalue weighted by atomic mass is 32.2. The van der Waals surface area contributed by atoms with Crippen molar-refractivity contribution in [1.82, 2.24) is 4.31 Å². The van der Waals surface area contributed by atoms with E-state index < -0.39 is 28.0 Å². The first-order valence-electron chi connectivity index (χ1n) is 6.65. The highest BCUT2D eigenvalue weighted by Crippen LogP contribution is 2.26. The molecule has 0 saturated heterocycles. The maximum Gasteiger partial charge on any atom is 0.573 e. The molecule has 0 atom stereocenters. The van der Waals surface area contributed by atoms with E-state index in [2.05, 4.69) is 4.74 Å². The molecule has 0 aliphatic heterocycles. The zero-order chi connectivity index (χ0) is 18.0. The molecule has 2 aromatic rings. The molecule has 2 rings (SSSR count). The van der Waals surface area contributed by atoms with Crippen molar-refractivity contribution in [3.8, 4) is 5.75 Å². The minimum Gasteiger partial charge on any atom is -0.406 e. The van der Waals surface area contributed by atoms with Crippen LogP contribution in [-0.2, 0) is 16.6 Å². The van der Waals surface area contributed by atoms with E-state index in [1.54, 1.807) is 6.07 Å². The quantitative estimate of drug-likeness (QED) is 0.764. The van der Waals surface area contributed by atoms with Crippen LogP contribution in [-0.4, -0.2) is 26.1 Å². The lowest BCUT2D eigenvalue weighted by molar-refractivity contribution is -0.274. The number of benzene rings is 2. The molecule has 0 radical (unpaired) electrons. The first kappa shape index (κ1) is 18.2. The standard InChI is InChI=1S/C15H13F4NO3S/c1-20(10-11-5-2-3-8-14(11)16)24(21,22)13-7-4-6-12(9-13)23-15(17,18)19/h2-9H,10H2,1H3. The third-order valence-electron chi connectivity index (χ3n) is 3.10. The van der Waals surface area contributed by atoms with Gasteiger partial charge in [0, 0.05) is 25.2 Å². The molecule has 0 saturated carbocycles. The van der Waals surface area contributed by atoms with E-state index in [-0.39, 0.29) is 17.0 Å². The summed E-state index contributed by atoms with van der Waals surface area (Å²) < 4.78 is 79.8. The Kier molecular flexibility index (Phi) is 5.14. The summed E-state index contributed by atoms with van der Waals surface area (Å²) in [7, 11) is -2.91. The van der Waals surface area contributed by atoms with Crippen molar-refractivity contribution < 1.29 is 30.7 Å². The molecule has 0 N–H and O–H groups in total. The third kappa shape index (κ3) is 4.45. The summed E-state index contributed by atoms with van der Waals surface area (Å²) in [6.45, 7) is -0.265. The first-order valence-corrected chi connectivity index (χ1v) is 8.09. The number of sulfonamides is 1. The first-order chi connectivity index (χ1) is 11.1. The third-order valence-corrected chi connectivity index (χ3v) is 4.90. The molecule has 0 spiro atoms. The summed E-state index contributed by atoms with van der Waals surface area (Å²) in [6.07, 6.45) is -4.93. The Morgan fingerprint density at radius 2 is 1.75 bits per heavy atom. The fraction of sp³-hybridized carbons (Fsp3) is 0.200. The predicted molar refractivity (Wildman–Crippen MR) is 78.2 cm³/mol. The van der Waals surface area contributed by atoms with Gasteiger partial charge in [-0.2, -0.15) is 4.31 Å². The number of rotatable bonds is 5. The zero-order valence-electron chi connectivity index (χ0n) is 12.4. The van der Waals surface area contributed by atoms with E-state index >= 15 is 0 Å². The molecule has 9 heteroatoms. The lowest BCUT2D eigenvalue weighted by Crippen LogP contribution is -2.27. The number of nitrogens with zero attached hydrogens (tertiary/aromatic N) is 1. The van der Waals surface area contributed by atoms with Crippen LogP contribution < -0.4 is 4.74 Å². The van der Waals surface area contributed by atoms with Crippen LogP contribution in [0, 0.1) is 5.82 Å². The smallest absolute Gasteiger partial charge is 0.406 e. The molecule has 0 fully saturated rings. The monoisotopic (exact) mass is 363 g/mol. The number of hydrogen-bond donors (Lipinski definition) is 0. The van der Waals surface area contributed by atoms with Gasteiger partial charge in [0.15, 0.2) is 0 Å². The Bertz CT molecular complexity index is 821. The second-order valence-corrected chi connectivity index (χ2v) is 6.92. The maximum absolute atomic E-state index is 13.6. The average molecular weight is 363 g/mol. The van der Waals surface area contributed by atoms with Gasteiger partial charge < -0.3 is 4.74 Å². The van der Waals surface area contributed by atoms with E-state index in [1.165, 1.54) is 25.2 Å². The van der Waals surface area contributed by atoms with E-state index in [4.69, 9.17) is 0 Å². The minimum atomic E-state index is -4.93. The van der Waals surface area contributed by atoms with Gasteiger partial charge in [-0.3, -0.25) is 0 Å². The summed E-state index contributed by atoms with van der Waals surface area (Å²) in [5.41, 5.74) is 0.145. The van der Waals surface area contributed by atoms with Gasteiger partial charge in [-0.1, -0.05) is 24.3 Å². The number of alkyl halides is 3. The van der Waals surface area contributed by atoms with Crippen molar-refractivity contribution in [2.45, 2.75) is 17.8 Å². The van der Waals surface area contributed by atoms with Gasteiger partial charge in [0.05, 0.1) is 4.90 Å². The fourth-order valence-corrected chi connectivity index (χ4v) is 3.15. The minimum absolute atomic E-state index is 0.145. The summed E-state index contributed by atoms with van der Waals surface area (Å²) in [6, 6.07) is 9.64. The highest BCUT2D eigenvalue weighted by Gasteiger charge is 2.32. The Labute approximate surface area is 136 Å². The van der Waals surface area contributed by atoms with Crippen LogP contribution in [0.4, 0.5) is 17.6 Å². The van der Waals surface area contributed by atoms with Crippen molar-refractivity contribution in [2.24, 2.45) is 0 Å². The molecule has 130 valence electrons. The molecule has 24 heavy (non-hydrogen) atoms. The van der Waals surface area contributed by atoms with Gasteiger partial charge in [0.2, 0.25) is 10.0 Å². The fourth-order valence-electron chi connectivity index (χ4n) is 1.96. The van der Waals surface area contributed by atoms with Gasteiger partial charge in [0.25, 0.3) is 0 Å². The Hall–Kier alpha value is -2.13. The van der Waals surface area contributed by atoms with Crippen molar-refractivity contribution in [3.63, 3.8) is 0 Å². The lowest BCUT2D eigenvalue weighted by atomic mass is 10.2. The normalized spacial score (nSPS) is 12.4. The largest absolute Gasteiger partial charge is 0.573 e. The highest BCUT2D eigenvalue weighted by molar-refractivity contribution is 7.89. The van der Waals surface area contributed by atoms with Crippen LogP contribution in [0.25, 0.3) is 0 Å². The Balaban J connectivity index is 2.26. The molecule has 0 aromatic heterocycles. The SMILES string of the molecule is CN(Cc1ccccc1F)S(=O)(=O)c1cccc(OC(F)(F)F)c1. The van der Waals surface area contributed by atoms with Gasteiger partial charge in [-0.25, -0.2) is 12.8 Å². The van der Waals surface area contributed by atoms with E-state index in [0.717, 1.165) is 28.6 Å². The summed E-state index contributed by atoms with van der Waals surface area (Å²) in [4.78, 5) is -0.386. The Morgan fingerprint density at radius 3 is 2.38 bits per heavy atom. The molecule has 0 bridgehead atoms. The van der Waals surface area contributed by atoms with Crippen LogP contribution >= 0.6 is 0 Å². The van der Waals surface area contributed by atoms with Crippen molar-refractivity contribution in [1.29, 1.82) is 0 Å². The molecule has 2 aromatic carbocycles. The van der Waals surface area contributed by atoms with Crippen LogP contribution in [0.1, 0.15) is 5.56 Å². The van der Waals surface area contributed by atoms with Crippen LogP contribution in [0.15, 0.2) is 53.4 Å².